The molecule has 0 nitrogen and oxygen atoms in total. The second kappa shape index (κ2) is 22.3. The van der Waals surface area contributed by atoms with E-state index in [-0.39, 0.29) is 0 Å². The van der Waals surface area contributed by atoms with Gasteiger partial charge in [0, 0.05) is 5.88 Å². The van der Waals surface area contributed by atoms with Crippen LogP contribution in [0.15, 0.2) is 0 Å². The van der Waals surface area contributed by atoms with Gasteiger partial charge in [0.2, 0.25) is 0 Å². The Balaban J connectivity index is 3.28. The molecule has 0 fully saturated rings. The molecule has 0 aliphatic rings. The van der Waals surface area contributed by atoms with E-state index >= 15 is 0 Å². The zero-order valence-electron chi connectivity index (χ0n) is 17.8. The Morgan fingerprint density at radius 2 is 0.720 bits per heavy atom. The molecular weight excluding hydrogens is 324 g/mol. The van der Waals surface area contributed by atoms with Gasteiger partial charge in [0.1, 0.15) is 0 Å². The van der Waals surface area contributed by atoms with Crippen molar-refractivity contribution in [3.8, 4) is 0 Å². The number of unbranched alkanes of at least 4 members (excludes halogenated alkanes) is 16. The minimum absolute atomic E-state index is 0.788. The fourth-order valence-electron chi connectivity index (χ4n) is 3.79. The van der Waals surface area contributed by atoms with Crippen molar-refractivity contribution in [1.82, 2.24) is 0 Å². The second-order valence-electron chi connectivity index (χ2n) is 8.25. The zero-order chi connectivity index (χ0) is 18.4. The molecule has 152 valence electrons. The second-order valence-corrected chi connectivity index (χ2v) is 8.56. The minimum Gasteiger partial charge on any atom is -0.126 e. The highest BCUT2D eigenvalue weighted by atomic mass is 35.5. The van der Waals surface area contributed by atoms with Crippen molar-refractivity contribution in [1.29, 1.82) is 0 Å². The van der Waals surface area contributed by atoms with Gasteiger partial charge in [-0.15, -0.1) is 11.6 Å². The Labute approximate surface area is 165 Å². The van der Waals surface area contributed by atoms with E-state index in [9.17, 15) is 0 Å². The van der Waals surface area contributed by atoms with Crippen LogP contribution < -0.4 is 0 Å². The van der Waals surface area contributed by atoms with Gasteiger partial charge in [-0.1, -0.05) is 129 Å². The van der Waals surface area contributed by atoms with Crippen molar-refractivity contribution in [3.05, 3.63) is 0 Å². The van der Waals surface area contributed by atoms with Gasteiger partial charge in [0.25, 0.3) is 0 Å². The maximum atomic E-state index is 6.19. The van der Waals surface area contributed by atoms with Gasteiger partial charge in [0.05, 0.1) is 0 Å². The molecule has 0 heterocycles. The van der Waals surface area contributed by atoms with E-state index < -0.39 is 0 Å². The van der Waals surface area contributed by atoms with Gasteiger partial charge in [-0.2, -0.15) is 0 Å². The molecule has 0 radical (unpaired) electrons. The van der Waals surface area contributed by atoms with E-state index in [0.717, 1.165) is 11.8 Å². The Hall–Kier alpha value is 0.290. The van der Waals surface area contributed by atoms with E-state index in [0.29, 0.717) is 0 Å². The maximum absolute atomic E-state index is 6.19. The summed E-state index contributed by atoms with van der Waals surface area (Å²) in [7, 11) is 0. The number of rotatable bonds is 21. The lowest BCUT2D eigenvalue weighted by molar-refractivity contribution is 0.433. The molecule has 0 saturated carbocycles. The summed E-state index contributed by atoms with van der Waals surface area (Å²) in [5, 5.41) is 0. The molecule has 0 amide bonds. The molecule has 0 unspecified atom stereocenters. The molecule has 0 atom stereocenters. The smallest absolute Gasteiger partial charge is 0.0251 e. The SMILES string of the molecule is CCCCCCCCCCCC(CCl)CCCCCCCCCCC. The summed E-state index contributed by atoms with van der Waals surface area (Å²) in [4.78, 5) is 0. The van der Waals surface area contributed by atoms with E-state index in [1.807, 2.05) is 0 Å². The first kappa shape index (κ1) is 25.3. The van der Waals surface area contributed by atoms with Crippen LogP contribution in [0, 0.1) is 5.92 Å². The summed E-state index contributed by atoms with van der Waals surface area (Å²) in [6.45, 7) is 4.59. The van der Waals surface area contributed by atoms with Crippen LogP contribution in [0.25, 0.3) is 0 Å². The standard InChI is InChI=1S/C24H49Cl/c1-3-5-7-9-11-13-15-17-19-21-24(23-25)22-20-18-16-14-12-10-8-6-4-2/h24H,3-23H2,1-2H3. The number of hydrogen-bond acceptors (Lipinski definition) is 0. The molecule has 0 N–H and O–H groups in total. The van der Waals surface area contributed by atoms with Crippen LogP contribution in [-0.2, 0) is 0 Å². The first-order valence-corrected chi connectivity index (χ1v) is 12.4. The van der Waals surface area contributed by atoms with Gasteiger partial charge in [0.15, 0.2) is 0 Å². The molecule has 0 aromatic heterocycles. The van der Waals surface area contributed by atoms with Crippen molar-refractivity contribution in [2.45, 2.75) is 142 Å². The lowest BCUT2D eigenvalue weighted by Crippen LogP contribution is -2.02. The van der Waals surface area contributed by atoms with Crippen molar-refractivity contribution >= 4 is 11.6 Å². The molecule has 0 bridgehead atoms. The summed E-state index contributed by atoms with van der Waals surface area (Å²) in [5.41, 5.74) is 0. The van der Waals surface area contributed by atoms with Gasteiger partial charge >= 0.3 is 0 Å². The summed E-state index contributed by atoms with van der Waals surface area (Å²) < 4.78 is 0. The van der Waals surface area contributed by atoms with E-state index in [1.165, 1.54) is 128 Å². The Morgan fingerprint density at radius 1 is 0.440 bits per heavy atom. The molecule has 0 rings (SSSR count). The Kier molecular flexibility index (Phi) is 22.6. The molecule has 0 aromatic carbocycles. The monoisotopic (exact) mass is 372 g/mol. The fourth-order valence-corrected chi connectivity index (χ4v) is 4.09. The fraction of sp³-hybridized carbons (Fsp3) is 1.00. The number of alkyl halides is 1. The zero-order valence-corrected chi connectivity index (χ0v) is 18.6. The first-order chi connectivity index (χ1) is 12.3. The van der Waals surface area contributed by atoms with Crippen molar-refractivity contribution in [3.63, 3.8) is 0 Å². The van der Waals surface area contributed by atoms with Crippen LogP contribution in [0.4, 0.5) is 0 Å². The average molecular weight is 373 g/mol. The molecule has 0 aromatic rings. The lowest BCUT2D eigenvalue weighted by Gasteiger charge is -2.13. The predicted molar refractivity (Wildman–Crippen MR) is 118 cm³/mol. The largest absolute Gasteiger partial charge is 0.126 e. The van der Waals surface area contributed by atoms with Gasteiger partial charge in [-0.05, 0) is 18.8 Å². The third-order valence-corrected chi connectivity index (χ3v) is 6.09. The molecule has 0 saturated heterocycles. The van der Waals surface area contributed by atoms with E-state index in [1.54, 1.807) is 0 Å². The van der Waals surface area contributed by atoms with Crippen LogP contribution in [0.5, 0.6) is 0 Å². The molecule has 0 aliphatic heterocycles. The van der Waals surface area contributed by atoms with Crippen molar-refractivity contribution in [2.24, 2.45) is 5.92 Å². The molecule has 1 heteroatoms. The summed E-state index contributed by atoms with van der Waals surface area (Å²) in [5.74, 6) is 1.67. The highest BCUT2D eigenvalue weighted by Gasteiger charge is 2.07. The first-order valence-electron chi connectivity index (χ1n) is 11.9. The number of hydrogen-bond donors (Lipinski definition) is 0. The molecule has 0 aliphatic carbocycles. The molecule has 25 heavy (non-hydrogen) atoms. The summed E-state index contributed by atoms with van der Waals surface area (Å²) in [6, 6.07) is 0. The predicted octanol–water partition coefficient (Wildman–Crippen LogP) is 9.68. The van der Waals surface area contributed by atoms with Gasteiger partial charge < -0.3 is 0 Å². The third kappa shape index (κ3) is 20.5. The summed E-state index contributed by atoms with van der Waals surface area (Å²) >= 11 is 6.19. The van der Waals surface area contributed by atoms with E-state index in [4.69, 9.17) is 11.6 Å². The average Bonchev–Trinajstić information content (AvgIpc) is 2.63. The third-order valence-electron chi connectivity index (χ3n) is 5.65. The van der Waals surface area contributed by atoms with Crippen LogP contribution in [0.1, 0.15) is 142 Å². The van der Waals surface area contributed by atoms with Crippen LogP contribution in [0.2, 0.25) is 0 Å². The van der Waals surface area contributed by atoms with Crippen molar-refractivity contribution in [2.75, 3.05) is 5.88 Å². The van der Waals surface area contributed by atoms with Crippen molar-refractivity contribution < 1.29 is 0 Å². The van der Waals surface area contributed by atoms with Crippen LogP contribution in [0.3, 0.4) is 0 Å². The normalized spacial score (nSPS) is 11.5. The lowest BCUT2D eigenvalue weighted by atomic mass is 9.95. The Bertz CT molecular complexity index is 204. The highest BCUT2D eigenvalue weighted by Crippen LogP contribution is 2.20. The van der Waals surface area contributed by atoms with Gasteiger partial charge in [-0.25, -0.2) is 0 Å². The Morgan fingerprint density at radius 3 is 1.00 bits per heavy atom. The van der Waals surface area contributed by atoms with Crippen LogP contribution >= 0.6 is 11.6 Å². The highest BCUT2D eigenvalue weighted by molar-refractivity contribution is 6.18. The van der Waals surface area contributed by atoms with Gasteiger partial charge in [-0.3, -0.25) is 0 Å². The van der Waals surface area contributed by atoms with Crippen LogP contribution in [-0.4, -0.2) is 5.88 Å². The molecular formula is C24H49Cl. The number of halogens is 1. The topological polar surface area (TPSA) is 0 Å². The maximum Gasteiger partial charge on any atom is 0.0251 e. The quantitative estimate of drug-likeness (QED) is 0.139. The van der Waals surface area contributed by atoms with E-state index in [2.05, 4.69) is 13.8 Å². The molecule has 0 spiro atoms. The summed E-state index contributed by atoms with van der Waals surface area (Å²) in [6.07, 6.45) is 28.5. The minimum atomic E-state index is 0.788.